The molecule has 0 fully saturated rings. The average Bonchev–Trinajstić information content (AvgIpc) is 3.03. The summed E-state index contributed by atoms with van der Waals surface area (Å²) in [6, 6.07) is 9.72. The minimum Gasteiger partial charge on any atom is -0.468 e. The third-order valence-corrected chi connectivity index (χ3v) is 3.52. The number of aromatic nitrogens is 1. The SMILES string of the molecule is CN(Cc1cncc(-c2cccc(F)c2F)c1)Cc1ccco1. The fourth-order valence-corrected chi connectivity index (χ4v) is 2.48. The van der Waals surface area contributed by atoms with Crippen molar-refractivity contribution in [2.75, 3.05) is 7.05 Å². The fraction of sp³-hybridized carbons (Fsp3) is 0.167. The van der Waals surface area contributed by atoms with E-state index in [4.69, 9.17) is 4.42 Å². The molecule has 2 aromatic heterocycles. The number of halogens is 2. The van der Waals surface area contributed by atoms with Crippen LogP contribution in [0.5, 0.6) is 0 Å². The molecule has 0 aliphatic heterocycles. The molecule has 0 radical (unpaired) electrons. The fourth-order valence-electron chi connectivity index (χ4n) is 2.48. The van der Waals surface area contributed by atoms with Crippen molar-refractivity contribution in [3.63, 3.8) is 0 Å². The van der Waals surface area contributed by atoms with Crippen LogP contribution in [0, 0.1) is 11.6 Å². The molecule has 2 heterocycles. The second kappa shape index (κ2) is 6.71. The van der Waals surface area contributed by atoms with Crippen molar-refractivity contribution in [1.82, 2.24) is 9.88 Å². The first-order valence-corrected chi connectivity index (χ1v) is 7.23. The van der Waals surface area contributed by atoms with Crippen LogP contribution in [0.2, 0.25) is 0 Å². The molecule has 3 rings (SSSR count). The molecule has 23 heavy (non-hydrogen) atoms. The Hall–Kier alpha value is -2.53. The first kappa shape index (κ1) is 15.4. The van der Waals surface area contributed by atoms with E-state index in [9.17, 15) is 8.78 Å². The van der Waals surface area contributed by atoms with Gasteiger partial charge in [-0.3, -0.25) is 9.88 Å². The molecule has 1 aromatic carbocycles. The van der Waals surface area contributed by atoms with Crippen LogP contribution < -0.4 is 0 Å². The largest absolute Gasteiger partial charge is 0.468 e. The zero-order valence-electron chi connectivity index (χ0n) is 12.7. The molecule has 3 nitrogen and oxygen atoms in total. The number of benzene rings is 1. The number of hydrogen-bond acceptors (Lipinski definition) is 3. The molecule has 5 heteroatoms. The van der Waals surface area contributed by atoms with Gasteiger partial charge in [-0.25, -0.2) is 8.78 Å². The topological polar surface area (TPSA) is 29.3 Å². The number of rotatable bonds is 5. The highest BCUT2D eigenvalue weighted by Gasteiger charge is 2.11. The van der Waals surface area contributed by atoms with Crippen LogP contribution in [0.3, 0.4) is 0 Å². The first-order valence-electron chi connectivity index (χ1n) is 7.23. The van der Waals surface area contributed by atoms with Gasteiger partial charge in [-0.1, -0.05) is 12.1 Å². The molecular weight excluding hydrogens is 298 g/mol. The molecule has 0 atom stereocenters. The van der Waals surface area contributed by atoms with E-state index in [1.807, 2.05) is 25.2 Å². The van der Waals surface area contributed by atoms with Gasteiger partial charge in [0.2, 0.25) is 0 Å². The smallest absolute Gasteiger partial charge is 0.166 e. The molecular formula is C18H16F2N2O. The van der Waals surface area contributed by atoms with Gasteiger partial charge in [0.15, 0.2) is 11.6 Å². The van der Waals surface area contributed by atoms with E-state index in [1.165, 1.54) is 12.3 Å². The third-order valence-electron chi connectivity index (χ3n) is 3.52. The second-order valence-electron chi connectivity index (χ2n) is 5.43. The molecule has 0 bridgehead atoms. The van der Waals surface area contributed by atoms with Crippen molar-refractivity contribution < 1.29 is 13.2 Å². The van der Waals surface area contributed by atoms with E-state index < -0.39 is 11.6 Å². The van der Waals surface area contributed by atoms with Crippen molar-refractivity contribution in [1.29, 1.82) is 0 Å². The lowest BCUT2D eigenvalue weighted by Gasteiger charge is -2.15. The minimum absolute atomic E-state index is 0.216. The summed E-state index contributed by atoms with van der Waals surface area (Å²) >= 11 is 0. The summed E-state index contributed by atoms with van der Waals surface area (Å²) in [5.41, 5.74) is 1.69. The summed E-state index contributed by atoms with van der Waals surface area (Å²) in [6.45, 7) is 1.28. The Morgan fingerprint density at radius 1 is 1.09 bits per heavy atom. The van der Waals surface area contributed by atoms with Crippen LogP contribution in [0.15, 0.2) is 59.5 Å². The van der Waals surface area contributed by atoms with E-state index in [0.29, 0.717) is 18.7 Å². The standard InChI is InChI=1S/C18H16F2N2O/c1-22(12-15-4-3-7-23-15)11-13-8-14(10-21-9-13)16-5-2-6-17(19)18(16)20/h2-10H,11-12H2,1H3. The quantitative estimate of drug-likeness (QED) is 0.705. The highest BCUT2D eigenvalue weighted by Crippen LogP contribution is 2.24. The maximum Gasteiger partial charge on any atom is 0.166 e. The zero-order valence-corrected chi connectivity index (χ0v) is 12.7. The lowest BCUT2D eigenvalue weighted by molar-refractivity contribution is 0.287. The molecule has 0 saturated heterocycles. The van der Waals surface area contributed by atoms with Gasteiger partial charge >= 0.3 is 0 Å². The van der Waals surface area contributed by atoms with Gasteiger partial charge in [-0.15, -0.1) is 0 Å². The molecule has 0 saturated carbocycles. The molecule has 0 unspecified atom stereocenters. The Morgan fingerprint density at radius 3 is 2.74 bits per heavy atom. The molecule has 0 amide bonds. The molecule has 3 aromatic rings. The summed E-state index contributed by atoms with van der Waals surface area (Å²) in [4.78, 5) is 6.20. The first-order chi connectivity index (χ1) is 11.1. The van der Waals surface area contributed by atoms with Gasteiger partial charge in [-0.05, 0) is 36.9 Å². The number of furan rings is 1. The maximum atomic E-state index is 13.9. The van der Waals surface area contributed by atoms with Crippen LogP contribution in [0.25, 0.3) is 11.1 Å². The van der Waals surface area contributed by atoms with Crippen molar-refractivity contribution in [2.24, 2.45) is 0 Å². The molecule has 0 aliphatic rings. The van der Waals surface area contributed by atoms with E-state index in [-0.39, 0.29) is 5.56 Å². The van der Waals surface area contributed by atoms with Gasteiger partial charge in [0.05, 0.1) is 12.8 Å². The van der Waals surface area contributed by atoms with Gasteiger partial charge in [0.25, 0.3) is 0 Å². The van der Waals surface area contributed by atoms with E-state index in [1.54, 1.807) is 18.5 Å². The Bertz CT molecular complexity index is 787. The normalized spacial score (nSPS) is 11.1. The van der Waals surface area contributed by atoms with Crippen LogP contribution in [0.1, 0.15) is 11.3 Å². The van der Waals surface area contributed by atoms with Crippen molar-refractivity contribution in [3.8, 4) is 11.1 Å². The molecule has 0 aliphatic carbocycles. The monoisotopic (exact) mass is 314 g/mol. The molecule has 0 spiro atoms. The molecule has 118 valence electrons. The van der Waals surface area contributed by atoms with Crippen molar-refractivity contribution in [2.45, 2.75) is 13.1 Å². The second-order valence-corrected chi connectivity index (χ2v) is 5.43. The highest BCUT2D eigenvalue weighted by atomic mass is 19.2. The van der Waals surface area contributed by atoms with Gasteiger partial charge in [-0.2, -0.15) is 0 Å². The van der Waals surface area contributed by atoms with Crippen LogP contribution in [-0.2, 0) is 13.1 Å². The average molecular weight is 314 g/mol. The summed E-state index contributed by atoms with van der Waals surface area (Å²) < 4.78 is 32.6. The van der Waals surface area contributed by atoms with Crippen molar-refractivity contribution in [3.05, 3.63) is 78.0 Å². The van der Waals surface area contributed by atoms with E-state index in [2.05, 4.69) is 9.88 Å². The predicted octanol–water partition coefficient (Wildman–Crippen LogP) is 4.25. The Balaban J connectivity index is 1.78. The van der Waals surface area contributed by atoms with E-state index in [0.717, 1.165) is 17.4 Å². The van der Waals surface area contributed by atoms with Gasteiger partial charge in [0, 0.05) is 30.1 Å². The van der Waals surface area contributed by atoms with Gasteiger partial charge in [0.1, 0.15) is 5.76 Å². The summed E-state index contributed by atoms with van der Waals surface area (Å²) in [7, 11) is 1.96. The highest BCUT2D eigenvalue weighted by molar-refractivity contribution is 5.63. The lowest BCUT2D eigenvalue weighted by atomic mass is 10.1. The summed E-state index contributed by atoms with van der Waals surface area (Å²) in [5.74, 6) is -0.842. The van der Waals surface area contributed by atoms with Crippen LogP contribution >= 0.6 is 0 Å². The molecule has 0 N–H and O–H groups in total. The Morgan fingerprint density at radius 2 is 1.96 bits per heavy atom. The van der Waals surface area contributed by atoms with E-state index >= 15 is 0 Å². The summed E-state index contributed by atoms with van der Waals surface area (Å²) in [6.07, 6.45) is 4.89. The Labute approximate surface area is 133 Å². The third kappa shape index (κ3) is 3.63. The maximum absolute atomic E-state index is 13.9. The zero-order chi connectivity index (χ0) is 16.2. The van der Waals surface area contributed by atoms with Gasteiger partial charge < -0.3 is 4.42 Å². The lowest BCUT2D eigenvalue weighted by Crippen LogP contribution is -2.17. The number of hydrogen-bond donors (Lipinski definition) is 0. The number of pyridine rings is 1. The minimum atomic E-state index is -0.858. The van der Waals surface area contributed by atoms with Crippen molar-refractivity contribution >= 4 is 0 Å². The number of nitrogens with zero attached hydrogens (tertiary/aromatic N) is 2. The Kier molecular flexibility index (Phi) is 4.48. The summed E-state index contributed by atoms with van der Waals surface area (Å²) in [5, 5.41) is 0. The van der Waals surface area contributed by atoms with Crippen LogP contribution in [-0.4, -0.2) is 16.9 Å². The van der Waals surface area contributed by atoms with Crippen LogP contribution in [0.4, 0.5) is 8.78 Å². The predicted molar refractivity (Wildman–Crippen MR) is 83.5 cm³/mol.